The van der Waals surface area contributed by atoms with Gasteiger partial charge in [-0.2, -0.15) is 0 Å². The molecule has 4 heteroatoms. The van der Waals surface area contributed by atoms with Crippen LogP contribution in [0.1, 0.15) is 27.2 Å². The average molecular weight is 239 g/mol. The van der Waals surface area contributed by atoms with E-state index in [9.17, 15) is 4.79 Å². The van der Waals surface area contributed by atoms with Crippen molar-refractivity contribution in [2.45, 2.75) is 33.2 Å². The molecule has 1 amide bonds. The summed E-state index contributed by atoms with van der Waals surface area (Å²) in [4.78, 5) is 15.9. The normalized spacial score (nSPS) is 30.3. The minimum absolute atomic E-state index is 0.217. The van der Waals surface area contributed by atoms with Crippen LogP contribution < -0.4 is 5.32 Å². The van der Waals surface area contributed by atoms with Crippen LogP contribution in [-0.4, -0.2) is 61.0 Å². The molecule has 2 aliphatic rings. The molecule has 2 aliphatic heterocycles. The van der Waals surface area contributed by atoms with Crippen molar-refractivity contribution in [1.29, 1.82) is 0 Å². The van der Waals surface area contributed by atoms with Gasteiger partial charge in [0.25, 0.3) is 0 Å². The summed E-state index contributed by atoms with van der Waals surface area (Å²) in [5.41, 5.74) is 0.344. The van der Waals surface area contributed by atoms with Crippen LogP contribution in [0.4, 0.5) is 0 Å². The summed E-state index contributed by atoms with van der Waals surface area (Å²) < 4.78 is 0. The minimum Gasteiger partial charge on any atom is -0.340 e. The Morgan fingerprint density at radius 1 is 1.24 bits per heavy atom. The Hall–Kier alpha value is -0.610. The second-order valence-corrected chi connectivity index (χ2v) is 6.01. The Labute approximate surface area is 104 Å². The summed E-state index contributed by atoms with van der Waals surface area (Å²) in [5, 5.41) is 3.48. The summed E-state index contributed by atoms with van der Waals surface area (Å²) in [6.07, 6.45) is 1.23. The van der Waals surface area contributed by atoms with Crippen molar-refractivity contribution in [3.63, 3.8) is 0 Å². The summed E-state index contributed by atoms with van der Waals surface area (Å²) >= 11 is 0. The lowest BCUT2D eigenvalue weighted by molar-refractivity contribution is -0.131. The van der Waals surface area contributed by atoms with Gasteiger partial charge >= 0.3 is 0 Å². The molecular weight excluding hydrogens is 214 g/mol. The molecule has 1 N–H and O–H groups in total. The van der Waals surface area contributed by atoms with Gasteiger partial charge in [0, 0.05) is 45.7 Å². The molecule has 1 unspecified atom stereocenters. The number of carbonyl (C=O) groups is 1. The third-order valence-electron chi connectivity index (χ3n) is 4.28. The van der Waals surface area contributed by atoms with Crippen molar-refractivity contribution in [2.75, 3.05) is 39.3 Å². The zero-order valence-electron chi connectivity index (χ0n) is 11.3. The molecule has 1 atom stereocenters. The van der Waals surface area contributed by atoms with Gasteiger partial charge in [-0.3, -0.25) is 9.69 Å². The Bertz CT molecular complexity index is 282. The van der Waals surface area contributed by atoms with Crippen LogP contribution in [0.25, 0.3) is 0 Å². The summed E-state index contributed by atoms with van der Waals surface area (Å²) in [6, 6.07) is 0.665. The zero-order valence-corrected chi connectivity index (χ0v) is 11.3. The largest absolute Gasteiger partial charge is 0.340 e. The number of piperidine rings is 1. The second-order valence-electron chi connectivity index (χ2n) is 6.01. The number of rotatable bonds is 1. The number of nitrogens with zero attached hydrogens (tertiary/aromatic N) is 2. The van der Waals surface area contributed by atoms with E-state index in [0.29, 0.717) is 11.5 Å². The Balaban J connectivity index is 1.93. The Kier molecular flexibility index (Phi) is 3.73. The van der Waals surface area contributed by atoms with Gasteiger partial charge in [0.15, 0.2) is 0 Å². The zero-order chi connectivity index (χ0) is 12.5. The fraction of sp³-hybridized carbons (Fsp3) is 0.923. The lowest BCUT2D eigenvalue weighted by atomic mass is 9.79. The molecule has 0 saturated carbocycles. The first-order valence-corrected chi connectivity index (χ1v) is 6.71. The van der Waals surface area contributed by atoms with Crippen LogP contribution in [0.3, 0.4) is 0 Å². The number of piperazine rings is 1. The van der Waals surface area contributed by atoms with Crippen LogP contribution in [0.2, 0.25) is 0 Å². The van der Waals surface area contributed by atoms with E-state index in [2.05, 4.69) is 24.1 Å². The van der Waals surface area contributed by atoms with Gasteiger partial charge in [0.1, 0.15) is 0 Å². The first kappa shape index (κ1) is 12.8. The van der Waals surface area contributed by atoms with E-state index in [0.717, 1.165) is 39.3 Å². The molecule has 2 rings (SSSR count). The number of amides is 1. The van der Waals surface area contributed by atoms with Crippen LogP contribution in [0.15, 0.2) is 0 Å². The summed E-state index contributed by atoms with van der Waals surface area (Å²) in [7, 11) is 0. The van der Waals surface area contributed by atoms with Crippen molar-refractivity contribution in [1.82, 2.24) is 15.1 Å². The number of nitrogens with one attached hydrogen (secondary N) is 1. The molecule has 4 nitrogen and oxygen atoms in total. The number of hydrogen-bond donors (Lipinski definition) is 1. The molecule has 0 aromatic rings. The standard InChI is InChI=1S/C13H25N3O/c1-11(17)15-6-8-16(9-7-15)12-4-5-14-10-13(12,2)3/h12,14H,4-10H2,1-3H3. The third kappa shape index (κ3) is 2.80. The van der Waals surface area contributed by atoms with Gasteiger partial charge in [0.2, 0.25) is 5.91 Å². The average Bonchev–Trinajstić information content (AvgIpc) is 2.28. The van der Waals surface area contributed by atoms with Crippen LogP contribution >= 0.6 is 0 Å². The molecule has 2 heterocycles. The maximum atomic E-state index is 11.3. The van der Waals surface area contributed by atoms with Crippen LogP contribution in [0, 0.1) is 5.41 Å². The van der Waals surface area contributed by atoms with Gasteiger partial charge in [-0.15, -0.1) is 0 Å². The molecule has 17 heavy (non-hydrogen) atoms. The van der Waals surface area contributed by atoms with E-state index >= 15 is 0 Å². The summed E-state index contributed by atoms with van der Waals surface area (Å²) in [5.74, 6) is 0.217. The predicted octanol–water partition coefficient (Wildman–Crippen LogP) is 0.539. The third-order valence-corrected chi connectivity index (χ3v) is 4.28. The van der Waals surface area contributed by atoms with Crippen LogP contribution in [-0.2, 0) is 4.79 Å². The van der Waals surface area contributed by atoms with Gasteiger partial charge in [-0.05, 0) is 18.4 Å². The SMILES string of the molecule is CC(=O)N1CCN(C2CCNCC2(C)C)CC1. The van der Waals surface area contributed by atoms with E-state index in [1.807, 2.05) is 4.90 Å². The quantitative estimate of drug-likeness (QED) is 0.725. The van der Waals surface area contributed by atoms with Gasteiger partial charge in [0.05, 0.1) is 0 Å². The number of hydrogen-bond acceptors (Lipinski definition) is 3. The first-order chi connectivity index (χ1) is 8.00. The van der Waals surface area contributed by atoms with Gasteiger partial charge in [-0.1, -0.05) is 13.8 Å². The minimum atomic E-state index is 0.217. The lowest BCUT2D eigenvalue weighted by Gasteiger charge is -2.48. The highest BCUT2D eigenvalue weighted by atomic mass is 16.2. The van der Waals surface area contributed by atoms with Crippen LogP contribution in [0.5, 0.6) is 0 Å². The highest BCUT2D eigenvalue weighted by Gasteiger charge is 2.37. The maximum Gasteiger partial charge on any atom is 0.219 e. The Morgan fingerprint density at radius 2 is 1.88 bits per heavy atom. The fourth-order valence-corrected chi connectivity index (χ4v) is 3.18. The maximum absolute atomic E-state index is 11.3. The smallest absolute Gasteiger partial charge is 0.219 e. The summed E-state index contributed by atoms with van der Waals surface area (Å²) in [6.45, 7) is 12.5. The molecule has 0 radical (unpaired) electrons. The van der Waals surface area contributed by atoms with Crippen molar-refractivity contribution < 1.29 is 4.79 Å². The van der Waals surface area contributed by atoms with E-state index in [1.165, 1.54) is 6.42 Å². The fourth-order valence-electron chi connectivity index (χ4n) is 3.18. The molecule has 0 aromatic carbocycles. The molecule has 0 spiro atoms. The topological polar surface area (TPSA) is 35.6 Å². The van der Waals surface area contributed by atoms with E-state index in [1.54, 1.807) is 6.92 Å². The van der Waals surface area contributed by atoms with Crippen molar-refractivity contribution in [2.24, 2.45) is 5.41 Å². The highest BCUT2D eigenvalue weighted by Crippen LogP contribution is 2.30. The monoisotopic (exact) mass is 239 g/mol. The van der Waals surface area contributed by atoms with Crippen molar-refractivity contribution in [3.8, 4) is 0 Å². The predicted molar refractivity (Wildman–Crippen MR) is 68.9 cm³/mol. The van der Waals surface area contributed by atoms with Crippen molar-refractivity contribution >= 4 is 5.91 Å². The van der Waals surface area contributed by atoms with Gasteiger partial charge in [-0.25, -0.2) is 0 Å². The molecule has 98 valence electrons. The lowest BCUT2D eigenvalue weighted by Crippen LogP contribution is -2.59. The molecular formula is C13H25N3O. The molecule has 0 aliphatic carbocycles. The van der Waals surface area contributed by atoms with E-state index in [-0.39, 0.29) is 5.91 Å². The van der Waals surface area contributed by atoms with Crippen molar-refractivity contribution in [3.05, 3.63) is 0 Å². The first-order valence-electron chi connectivity index (χ1n) is 6.71. The molecule has 0 bridgehead atoms. The number of carbonyl (C=O) groups excluding carboxylic acids is 1. The molecule has 0 aromatic heterocycles. The Morgan fingerprint density at radius 3 is 2.41 bits per heavy atom. The van der Waals surface area contributed by atoms with E-state index < -0.39 is 0 Å². The highest BCUT2D eigenvalue weighted by molar-refractivity contribution is 5.73. The van der Waals surface area contributed by atoms with E-state index in [4.69, 9.17) is 0 Å². The van der Waals surface area contributed by atoms with Gasteiger partial charge < -0.3 is 10.2 Å². The molecule has 2 saturated heterocycles. The second kappa shape index (κ2) is 4.94. The molecule has 2 fully saturated rings.